The Morgan fingerprint density at radius 1 is 1.00 bits per heavy atom. The van der Waals surface area contributed by atoms with Crippen molar-refractivity contribution in [2.45, 2.75) is 52.0 Å². The summed E-state index contributed by atoms with van der Waals surface area (Å²) < 4.78 is 20.7. The second-order valence-corrected chi connectivity index (χ2v) is 4.95. The number of carbonyl (C=O) groups is 3. The number of ether oxygens (including phenoxy) is 4. The fourth-order valence-corrected chi connectivity index (χ4v) is 2.18. The topological polar surface area (TPSA) is 88.1 Å². The summed E-state index contributed by atoms with van der Waals surface area (Å²) in [5.74, 6) is -1.89. The lowest BCUT2D eigenvalue weighted by molar-refractivity contribution is -0.214. The molecule has 0 spiro atoms. The molecule has 0 N–H and O–H groups in total. The zero-order chi connectivity index (χ0) is 16.2. The maximum absolute atomic E-state index is 11.2. The Balaban J connectivity index is 2.87. The molecule has 2 radical (unpaired) electrons. The van der Waals surface area contributed by atoms with E-state index in [1.165, 1.54) is 20.8 Å². The minimum absolute atomic E-state index is 0.0191. The van der Waals surface area contributed by atoms with Crippen LogP contribution in [-0.2, 0) is 33.3 Å². The van der Waals surface area contributed by atoms with Gasteiger partial charge in [-0.25, -0.2) is 0 Å². The van der Waals surface area contributed by atoms with Crippen molar-refractivity contribution in [3.63, 3.8) is 0 Å². The summed E-state index contributed by atoms with van der Waals surface area (Å²) in [5.41, 5.74) is 0. The van der Waals surface area contributed by atoms with Crippen LogP contribution in [0.5, 0.6) is 0 Å². The predicted octanol–water partition coefficient (Wildman–Crippen LogP) is -0.0576. The largest absolute Gasteiger partial charge is 0.463 e. The molecule has 1 heterocycles. The van der Waals surface area contributed by atoms with E-state index in [1.54, 1.807) is 6.92 Å². The Hall–Kier alpha value is -1.57. The van der Waals surface area contributed by atoms with Crippen molar-refractivity contribution in [2.75, 3.05) is 6.61 Å². The molecule has 0 saturated carbocycles. The molecule has 0 unspecified atom stereocenters. The molecular formula is C13H19BO7. The molecule has 0 aromatic heterocycles. The highest BCUT2D eigenvalue weighted by Gasteiger charge is 2.45. The molecule has 5 atom stereocenters. The van der Waals surface area contributed by atoms with Gasteiger partial charge in [-0.05, 0) is 0 Å². The smallest absolute Gasteiger partial charge is 0.303 e. The second-order valence-electron chi connectivity index (χ2n) is 4.95. The highest BCUT2D eigenvalue weighted by atomic mass is 16.6. The quantitative estimate of drug-likeness (QED) is 0.408. The van der Waals surface area contributed by atoms with Gasteiger partial charge in [0, 0.05) is 26.7 Å². The van der Waals surface area contributed by atoms with Gasteiger partial charge in [0.15, 0.2) is 6.10 Å². The first-order chi connectivity index (χ1) is 9.72. The van der Waals surface area contributed by atoms with Crippen LogP contribution >= 0.6 is 0 Å². The molecule has 1 rings (SSSR count). The Morgan fingerprint density at radius 3 is 2.00 bits per heavy atom. The van der Waals surface area contributed by atoms with Crippen molar-refractivity contribution in [2.24, 2.45) is 5.92 Å². The van der Waals surface area contributed by atoms with Crippen LogP contribution in [0.2, 0.25) is 0 Å². The van der Waals surface area contributed by atoms with Crippen LogP contribution in [0.4, 0.5) is 0 Å². The SMILES string of the molecule is [B][C@H]1O[C@H](COC(C)=O)[C@@H](C)[C@H](OC(C)=O)[C@H]1OC(C)=O. The van der Waals surface area contributed by atoms with Gasteiger partial charge in [0.25, 0.3) is 0 Å². The highest BCUT2D eigenvalue weighted by molar-refractivity contribution is 6.11. The normalized spacial score (nSPS) is 32.1. The number of hydrogen-bond acceptors (Lipinski definition) is 7. The van der Waals surface area contributed by atoms with Crippen LogP contribution in [0, 0.1) is 5.92 Å². The molecule has 0 aromatic carbocycles. The van der Waals surface area contributed by atoms with Gasteiger partial charge in [0.05, 0.1) is 12.1 Å². The monoisotopic (exact) mass is 298 g/mol. The van der Waals surface area contributed by atoms with E-state index in [1.807, 2.05) is 0 Å². The molecule has 116 valence electrons. The van der Waals surface area contributed by atoms with Crippen LogP contribution in [0.25, 0.3) is 0 Å². The van der Waals surface area contributed by atoms with E-state index < -0.39 is 42.2 Å². The molecule has 0 aliphatic carbocycles. The Morgan fingerprint density at radius 2 is 1.52 bits per heavy atom. The van der Waals surface area contributed by atoms with E-state index in [4.69, 9.17) is 26.8 Å². The summed E-state index contributed by atoms with van der Waals surface area (Å²) in [6.45, 7) is 5.48. The standard InChI is InChI=1S/C13H19BO7/c1-6-10(5-18-7(2)15)21-13(14)12(20-9(4)17)11(6)19-8(3)16/h6,10-13H,5H2,1-4H3/t6-,10-,11+,12-,13+/m1/s1. The van der Waals surface area contributed by atoms with E-state index in [9.17, 15) is 14.4 Å². The summed E-state index contributed by atoms with van der Waals surface area (Å²) in [6.07, 6.45) is -2.23. The average Bonchev–Trinajstić information content (AvgIpc) is 2.35. The van der Waals surface area contributed by atoms with Crippen molar-refractivity contribution in [3.05, 3.63) is 0 Å². The van der Waals surface area contributed by atoms with E-state index in [0.717, 1.165) is 0 Å². The lowest BCUT2D eigenvalue weighted by Gasteiger charge is -2.43. The lowest BCUT2D eigenvalue weighted by atomic mass is 9.80. The number of esters is 3. The van der Waals surface area contributed by atoms with E-state index in [0.29, 0.717) is 0 Å². The molecule has 0 bridgehead atoms. The fourth-order valence-electron chi connectivity index (χ4n) is 2.18. The van der Waals surface area contributed by atoms with Crippen LogP contribution in [-0.4, -0.2) is 56.7 Å². The summed E-state index contributed by atoms with van der Waals surface area (Å²) in [6, 6.07) is -0.977. The van der Waals surface area contributed by atoms with E-state index in [2.05, 4.69) is 0 Å². The number of carbonyl (C=O) groups excluding carboxylic acids is 3. The molecule has 1 aliphatic rings. The van der Waals surface area contributed by atoms with Crippen molar-refractivity contribution in [1.82, 2.24) is 0 Å². The first kappa shape index (κ1) is 17.5. The van der Waals surface area contributed by atoms with Gasteiger partial charge in [0.1, 0.15) is 20.6 Å². The van der Waals surface area contributed by atoms with Crippen molar-refractivity contribution in [3.8, 4) is 0 Å². The maximum Gasteiger partial charge on any atom is 0.303 e. The van der Waals surface area contributed by atoms with Crippen molar-refractivity contribution in [1.29, 1.82) is 0 Å². The Bertz CT molecular complexity index is 411. The first-order valence-electron chi connectivity index (χ1n) is 6.61. The molecule has 21 heavy (non-hydrogen) atoms. The first-order valence-corrected chi connectivity index (χ1v) is 6.61. The molecule has 1 fully saturated rings. The Kier molecular flexibility index (Phi) is 6.20. The molecule has 0 amide bonds. The van der Waals surface area contributed by atoms with Crippen LogP contribution in [0.15, 0.2) is 0 Å². The summed E-state index contributed by atoms with van der Waals surface area (Å²) in [5, 5.41) is 0. The van der Waals surface area contributed by atoms with Gasteiger partial charge >= 0.3 is 17.9 Å². The highest BCUT2D eigenvalue weighted by Crippen LogP contribution is 2.29. The minimum Gasteiger partial charge on any atom is -0.463 e. The molecule has 1 aliphatic heterocycles. The fraction of sp³-hybridized carbons (Fsp3) is 0.769. The summed E-state index contributed by atoms with van der Waals surface area (Å²) in [7, 11) is 5.82. The van der Waals surface area contributed by atoms with Crippen LogP contribution in [0.1, 0.15) is 27.7 Å². The molecule has 0 aromatic rings. The molecule has 1 saturated heterocycles. The predicted molar refractivity (Wildman–Crippen MR) is 71.3 cm³/mol. The second kappa shape index (κ2) is 7.45. The van der Waals surface area contributed by atoms with Gasteiger partial charge in [-0.2, -0.15) is 0 Å². The molecular weight excluding hydrogens is 279 g/mol. The molecule has 7 nitrogen and oxygen atoms in total. The zero-order valence-electron chi connectivity index (χ0n) is 12.5. The maximum atomic E-state index is 11.2. The zero-order valence-corrected chi connectivity index (χ0v) is 12.5. The van der Waals surface area contributed by atoms with Gasteiger partial charge in [-0.15, -0.1) is 0 Å². The third-order valence-corrected chi connectivity index (χ3v) is 3.14. The summed E-state index contributed by atoms with van der Waals surface area (Å²) >= 11 is 0. The van der Waals surface area contributed by atoms with Gasteiger partial charge in [0.2, 0.25) is 0 Å². The lowest BCUT2D eigenvalue weighted by Crippen LogP contribution is -2.57. The summed E-state index contributed by atoms with van der Waals surface area (Å²) in [4.78, 5) is 33.3. The van der Waals surface area contributed by atoms with Crippen molar-refractivity contribution < 1.29 is 33.3 Å². The van der Waals surface area contributed by atoms with Gasteiger partial charge < -0.3 is 18.9 Å². The van der Waals surface area contributed by atoms with Crippen LogP contribution in [0.3, 0.4) is 0 Å². The van der Waals surface area contributed by atoms with E-state index >= 15 is 0 Å². The van der Waals surface area contributed by atoms with Gasteiger partial charge in [-0.3, -0.25) is 14.4 Å². The van der Waals surface area contributed by atoms with Crippen molar-refractivity contribution >= 4 is 25.8 Å². The van der Waals surface area contributed by atoms with Gasteiger partial charge in [-0.1, -0.05) is 6.92 Å². The average molecular weight is 298 g/mol. The third-order valence-electron chi connectivity index (χ3n) is 3.14. The number of rotatable bonds is 4. The third kappa shape index (κ3) is 5.04. The van der Waals surface area contributed by atoms with E-state index in [-0.39, 0.29) is 12.5 Å². The van der Waals surface area contributed by atoms with Crippen LogP contribution < -0.4 is 0 Å². The molecule has 8 heteroatoms. The number of hydrogen-bond donors (Lipinski definition) is 0. The minimum atomic E-state index is -0.977. The Labute approximate surface area is 124 Å².